The van der Waals surface area contributed by atoms with Crippen molar-refractivity contribution in [1.82, 2.24) is 0 Å². The lowest BCUT2D eigenvalue weighted by Gasteiger charge is -2.39. The third kappa shape index (κ3) is 1.21. The standard InChI is InChI=1S/C17H18N2/c1-17(2)12-7-4-5-9-14(12)19-11-18(3)15-10-6-8-13(17)16(15)19/h4-10H,11H2,1-3H3. The van der Waals surface area contributed by atoms with E-state index in [9.17, 15) is 0 Å². The smallest absolute Gasteiger partial charge is 0.0950 e. The lowest BCUT2D eigenvalue weighted by Crippen LogP contribution is -2.32. The third-order valence-corrected chi connectivity index (χ3v) is 4.59. The van der Waals surface area contributed by atoms with Crippen molar-refractivity contribution in [2.24, 2.45) is 0 Å². The SMILES string of the molecule is CN1CN2c3ccccc3C(C)(C)c3cccc1c32. The molecule has 96 valence electrons. The van der Waals surface area contributed by atoms with Gasteiger partial charge in [0.15, 0.2) is 0 Å². The van der Waals surface area contributed by atoms with Gasteiger partial charge in [-0.05, 0) is 23.3 Å². The summed E-state index contributed by atoms with van der Waals surface area (Å²) in [5.41, 5.74) is 7.04. The zero-order valence-corrected chi connectivity index (χ0v) is 11.6. The van der Waals surface area contributed by atoms with Gasteiger partial charge in [0.25, 0.3) is 0 Å². The van der Waals surface area contributed by atoms with E-state index in [1.807, 2.05) is 0 Å². The molecule has 0 aromatic heterocycles. The van der Waals surface area contributed by atoms with Crippen LogP contribution in [0.3, 0.4) is 0 Å². The summed E-state index contributed by atoms with van der Waals surface area (Å²) in [6, 6.07) is 15.5. The van der Waals surface area contributed by atoms with E-state index < -0.39 is 0 Å². The van der Waals surface area contributed by atoms with E-state index in [0.717, 1.165) is 6.67 Å². The molecule has 4 rings (SSSR count). The lowest BCUT2D eigenvalue weighted by molar-refractivity contribution is 0.629. The van der Waals surface area contributed by atoms with Crippen LogP contribution in [-0.2, 0) is 5.41 Å². The first-order valence-electron chi connectivity index (χ1n) is 6.82. The van der Waals surface area contributed by atoms with E-state index in [2.05, 4.69) is 73.2 Å². The number of rotatable bonds is 0. The van der Waals surface area contributed by atoms with Crippen LogP contribution in [0.2, 0.25) is 0 Å². The summed E-state index contributed by atoms with van der Waals surface area (Å²) >= 11 is 0. The maximum atomic E-state index is 2.45. The minimum atomic E-state index is 0.0730. The molecule has 0 bridgehead atoms. The largest absolute Gasteiger partial charge is 0.355 e. The normalized spacial score (nSPS) is 18.3. The second kappa shape index (κ2) is 3.32. The fourth-order valence-electron chi connectivity index (χ4n) is 3.57. The molecule has 0 unspecified atom stereocenters. The first kappa shape index (κ1) is 10.9. The van der Waals surface area contributed by atoms with Crippen LogP contribution in [0, 0.1) is 0 Å². The number of nitrogens with zero attached hydrogens (tertiary/aromatic N) is 2. The molecule has 2 heterocycles. The van der Waals surface area contributed by atoms with E-state index in [-0.39, 0.29) is 5.41 Å². The topological polar surface area (TPSA) is 6.48 Å². The zero-order chi connectivity index (χ0) is 13.2. The van der Waals surface area contributed by atoms with Gasteiger partial charge < -0.3 is 9.80 Å². The van der Waals surface area contributed by atoms with E-state index in [1.54, 1.807) is 0 Å². The van der Waals surface area contributed by atoms with Crippen molar-refractivity contribution in [2.45, 2.75) is 19.3 Å². The summed E-state index contributed by atoms with van der Waals surface area (Å²) in [6.45, 7) is 5.60. The number of para-hydroxylation sites is 2. The highest BCUT2D eigenvalue weighted by atomic mass is 15.4. The molecule has 2 aliphatic rings. The van der Waals surface area contributed by atoms with Crippen LogP contribution < -0.4 is 9.80 Å². The fourth-order valence-corrected chi connectivity index (χ4v) is 3.57. The highest BCUT2D eigenvalue weighted by molar-refractivity contribution is 5.90. The summed E-state index contributed by atoms with van der Waals surface area (Å²) in [5.74, 6) is 0. The Hall–Kier alpha value is -1.96. The minimum absolute atomic E-state index is 0.0730. The van der Waals surface area contributed by atoms with Gasteiger partial charge in [-0.2, -0.15) is 0 Å². The molecule has 0 saturated carbocycles. The Morgan fingerprint density at radius 3 is 2.42 bits per heavy atom. The third-order valence-electron chi connectivity index (χ3n) is 4.59. The summed E-state index contributed by atoms with van der Waals surface area (Å²) < 4.78 is 0. The Morgan fingerprint density at radius 2 is 1.58 bits per heavy atom. The van der Waals surface area contributed by atoms with Gasteiger partial charge in [-0.25, -0.2) is 0 Å². The maximum absolute atomic E-state index is 2.45. The van der Waals surface area contributed by atoms with Gasteiger partial charge in [0.2, 0.25) is 0 Å². The molecule has 2 aliphatic heterocycles. The number of fused-ring (bicyclic) bond motifs is 2. The maximum Gasteiger partial charge on any atom is 0.0950 e. The van der Waals surface area contributed by atoms with Crippen LogP contribution in [0.4, 0.5) is 17.1 Å². The van der Waals surface area contributed by atoms with E-state index in [0.29, 0.717) is 0 Å². The molecular weight excluding hydrogens is 232 g/mol. The van der Waals surface area contributed by atoms with Gasteiger partial charge >= 0.3 is 0 Å². The second-order valence-electron chi connectivity index (χ2n) is 6.08. The Kier molecular flexibility index (Phi) is 1.91. The van der Waals surface area contributed by atoms with Gasteiger partial charge in [-0.3, -0.25) is 0 Å². The molecule has 0 atom stereocenters. The number of hydrogen-bond donors (Lipinski definition) is 0. The molecule has 0 N–H and O–H groups in total. The number of hydrogen-bond acceptors (Lipinski definition) is 2. The predicted molar refractivity (Wildman–Crippen MR) is 80.4 cm³/mol. The molecule has 2 aromatic rings. The molecule has 2 aromatic carbocycles. The molecule has 2 heteroatoms. The van der Waals surface area contributed by atoms with Crippen LogP contribution >= 0.6 is 0 Å². The van der Waals surface area contributed by atoms with Crippen molar-refractivity contribution in [2.75, 3.05) is 23.5 Å². The molecule has 0 radical (unpaired) electrons. The average Bonchev–Trinajstić information content (AvgIpc) is 2.75. The van der Waals surface area contributed by atoms with Crippen molar-refractivity contribution in [3.05, 3.63) is 53.6 Å². The fraction of sp³-hybridized carbons (Fsp3) is 0.294. The Bertz CT molecular complexity index is 673. The summed E-state index contributed by atoms with van der Waals surface area (Å²) in [5, 5.41) is 0. The van der Waals surface area contributed by atoms with Crippen LogP contribution in [0.1, 0.15) is 25.0 Å². The van der Waals surface area contributed by atoms with Crippen LogP contribution in [0.25, 0.3) is 0 Å². The van der Waals surface area contributed by atoms with Crippen molar-refractivity contribution >= 4 is 17.1 Å². The molecule has 0 spiro atoms. The molecule has 0 amide bonds. The van der Waals surface area contributed by atoms with E-state index >= 15 is 0 Å². The highest BCUT2D eigenvalue weighted by Crippen LogP contribution is 2.54. The monoisotopic (exact) mass is 250 g/mol. The summed E-state index contributed by atoms with van der Waals surface area (Å²) in [4.78, 5) is 4.78. The summed E-state index contributed by atoms with van der Waals surface area (Å²) in [7, 11) is 2.17. The van der Waals surface area contributed by atoms with E-state index in [4.69, 9.17) is 0 Å². The van der Waals surface area contributed by atoms with Crippen LogP contribution in [0.5, 0.6) is 0 Å². The van der Waals surface area contributed by atoms with Gasteiger partial charge in [-0.1, -0.05) is 44.2 Å². The van der Waals surface area contributed by atoms with Crippen molar-refractivity contribution in [1.29, 1.82) is 0 Å². The number of anilines is 3. The Morgan fingerprint density at radius 1 is 0.895 bits per heavy atom. The first-order chi connectivity index (χ1) is 9.10. The van der Waals surface area contributed by atoms with Crippen molar-refractivity contribution in [3.63, 3.8) is 0 Å². The predicted octanol–water partition coefficient (Wildman–Crippen LogP) is 3.87. The Balaban J connectivity index is 2.10. The van der Waals surface area contributed by atoms with Crippen molar-refractivity contribution in [3.8, 4) is 0 Å². The van der Waals surface area contributed by atoms with Gasteiger partial charge in [-0.15, -0.1) is 0 Å². The van der Waals surface area contributed by atoms with Gasteiger partial charge in [0.1, 0.15) is 0 Å². The second-order valence-corrected chi connectivity index (χ2v) is 6.08. The molecular formula is C17H18N2. The molecule has 0 saturated heterocycles. The molecule has 0 fully saturated rings. The molecule has 2 nitrogen and oxygen atoms in total. The average molecular weight is 250 g/mol. The molecule has 0 aliphatic carbocycles. The van der Waals surface area contributed by atoms with Crippen molar-refractivity contribution < 1.29 is 0 Å². The lowest BCUT2D eigenvalue weighted by atomic mass is 9.74. The van der Waals surface area contributed by atoms with Crippen LogP contribution in [0.15, 0.2) is 42.5 Å². The quantitative estimate of drug-likeness (QED) is 0.700. The van der Waals surface area contributed by atoms with Gasteiger partial charge in [0, 0.05) is 18.2 Å². The molecule has 19 heavy (non-hydrogen) atoms. The summed E-state index contributed by atoms with van der Waals surface area (Å²) in [6.07, 6.45) is 0. The minimum Gasteiger partial charge on any atom is -0.355 e. The van der Waals surface area contributed by atoms with E-state index in [1.165, 1.54) is 28.2 Å². The van der Waals surface area contributed by atoms with Gasteiger partial charge in [0.05, 0.1) is 18.0 Å². The first-order valence-corrected chi connectivity index (χ1v) is 6.82. The Labute approximate surface area is 114 Å². The highest BCUT2D eigenvalue weighted by Gasteiger charge is 2.40. The zero-order valence-electron chi connectivity index (χ0n) is 11.6. The number of benzene rings is 2. The van der Waals surface area contributed by atoms with Crippen LogP contribution in [-0.4, -0.2) is 13.7 Å².